The van der Waals surface area contributed by atoms with Gasteiger partial charge >= 0.3 is 5.97 Å². The Hall–Kier alpha value is -1.35. The molecule has 0 aliphatic heterocycles. The first kappa shape index (κ1) is 11.6. The van der Waals surface area contributed by atoms with Crippen molar-refractivity contribution >= 4 is 5.97 Å². The Morgan fingerprint density at radius 1 is 1.38 bits per heavy atom. The molecular formula is C10H15NO2. The van der Waals surface area contributed by atoms with E-state index in [1.807, 2.05) is 18.2 Å². The molecule has 1 aromatic rings. The van der Waals surface area contributed by atoms with Crippen molar-refractivity contribution < 1.29 is 9.90 Å². The molecule has 0 aliphatic rings. The highest BCUT2D eigenvalue weighted by Crippen LogP contribution is 1.92. The van der Waals surface area contributed by atoms with E-state index >= 15 is 0 Å². The normalized spacial score (nSPS) is 8.46. The van der Waals surface area contributed by atoms with Crippen molar-refractivity contribution in [1.82, 2.24) is 0 Å². The number of hydrogen-bond donors (Lipinski definition) is 2. The average molecular weight is 181 g/mol. The van der Waals surface area contributed by atoms with Crippen molar-refractivity contribution in [3.05, 3.63) is 35.9 Å². The van der Waals surface area contributed by atoms with Crippen LogP contribution in [0.1, 0.15) is 12.0 Å². The summed E-state index contributed by atoms with van der Waals surface area (Å²) in [5.41, 5.74) is 6.17. The summed E-state index contributed by atoms with van der Waals surface area (Å²) in [6.07, 6.45) is 0.0694. The van der Waals surface area contributed by atoms with Crippen LogP contribution in [0.25, 0.3) is 0 Å². The van der Waals surface area contributed by atoms with Crippen molar-refractivity contribution in [2.75, 3.05) is 6.54 Å². The fourth-order valence-electron chi connectivity index (χ4n) is 0.658. The number of hydrogen-bond acceptors (Lipinski definition) is 2. The first-order valence-electron chi connectivity index (χ1n) is 4.10. The molecule has 3 nitrogen and oxygen atoms in total. The predicted molar refractivity (Wildman–Crippen MR) is 52.5 cm³/mol. The quantitative estimate of drug-likeness (QED) is 0.725. The van der Waals surface area contributed by atoms with Crippen LogP contribution in [0.2, 0.25) is 0 Å². The van der Waals surface area contributed by atoms with Crippen LogP contribution in [0.5, 0.6) is 0 Å². The largest absolute Gasteiger partial charge is 0.481 e. The molecule has 0 spiro atoms. The van der Waals surface area contributed by atoms with E-state index in [2.05, 4.69) is 19.1 Å². The average Bonchev–Trinajstić information content (AvgIpc) is 2.06. The number of aliphatic carboxylic acids is 1. The van der Waals surface area contributed by atoms with E-state index in [1.165, 1.54) is 5.56 Å². The van der Waals surface area contributed by atoms with Crippen LogP contribution in [-0.4, -0.2) is 17.6 Å². The molecule has 0 saturated carbocycles. The number of carbonyl (C=O) groups is 1. The molecule has 0 aromatic heterocycles. The van der Waals surface area contributed by atoms with E-state index < -0.39 is 5.97 Å². The van der Waals surface area contributed by atoms with Crippen LogP contribution >= 0.6 is 0 Å². The zero-order chi connectivity index (χ0) is 10.1. The third-order valence-electron chi connectivity index (χ3n) is 1.30. The predicted octanol–water partition coefficient (Wildman–Crippen LogP) is 1.41. The number of carboxylic acid groups (broad SMARTS) is 1. The molecule has 0 amide bonds. The molecule has 13 heavy (non-hydrogen) atoms. The minimum atomic E-state index is -0.836. The standard InChI is InChI=1S/C7H8.C3H7NO2/c1-7-5-3-2-4-6-7;4-2-1-3(5)6/h2-6H,1H3;1-2,4H2,(H,5,6). The van der Waals surface area contributed by atoms with Gasteiger partial charge in [0.15, 0.2) is 0 Å². The maximum Gasteiger partial charge on any atom is 0.304 e. The Kier molecular flexibility index (Phi) is 6.55. The molecule has 0 unspecified atom stereocenters. The van der Waals surface area contributed by atoms with Crippen molar-refractivity contribution in [3.8, 4) is 0 Å². The number of rotatable bonds is 2. The molecule has 3 N–H and O–H groups in total. The summed E-state index contributed by atoms with van der Waals surface area (Å²) in [5.74, 6) is -0.836. The maximum absolute atomic E-state index is 9.52. The number of benzene rings is 1. The lowest BCUT2D eigenvalue weighted by molar-refractivity contribution is -0.136. The van der Waals surface area contributed by atoms with Gasteiger partial charge in [-0.1, -0.05) is 35.9 Å². The van der Waals surface area contributed by atoms with E-state index in [1.54, 1.807) is 0 Å². The Balaban J connectivity index is 0.000000226. The monoisotopic (exact) mass is 181 g/mol. The van der Waals surface area contributed by atoms with Crippen molar-refractivity contribution in [1.29, 1.82) is 0 Å². The van der Waals surface area contributed by atoms with Crippen molar-refractivity contribution in [2.24, 2.45) is 5.73 Å². The topological polar surface area (TPSA) is 63.3 Å². The van der Waals surface area contributed by atoms with Gasteiger partial charge in [0.25, 0.3) is 0 Å². The Morgan fingerprint density at radius 2 is 1.92 bits per heavy atom. The lowest BCUT2D eigenvalue weighted by Gasteiger charge is -1.82. The second-order valence-electron chi connectivity index (χ2n) is 2.59. The van der Waals surface area contributed by atoms with Crippen LogP contribution in [0.3, 0.4) is 0 Å². The zero-order valence-corrected chi connectivity index (χ0v) is 7.73. The molecule has 3 heteroatoms. The molecule has 0 bridgehead atoms. The van der Waals surface area contributed by atoms with E-state index in [-0.39, 0.29) is 13.0 Å². The fourth-order valence-corrected chi connectivity index (χ4v) is 0.658. The van der Waals surface area contributed by atoms with E-state index in [0.717, 1.165) is 0 Å². The van der Waals surface area contributed by atoms with Gasteiger partial charge in [-0.15, -0.1) is 0 Å². The summed E-state index contributed by atoms with van der Waals surface area (Å²) in [5, 5.41) is 7.83. The Labute approximate surface area is 78.2 Å². The Morgan fingerprint density at radius 3 is 2.08 bits per heavy atom. The van der Waals surface area contributed by atoms with Crippen LogP contribution in [0.15, 0.2) is 30.3 Å². The van der Waals surface area contributed by atoms with E-state index in [4.69, 9.17) is 10.8 Å². The van der Waals surface area contributed by atoms with Gasteiger partial charge in [0.2, 0.25) is 0 Å². The molecule has 0 heterocycles. The molecule has 72 valence electrons. The van der Waals surface area contributed by atoms with Gasteiger partial charge < -0.3 is 10.8 Å². The second kappa shape index (κ2) is 7.31. The minimum absolute atomic E-state index is 0.0694. The summed E-state index contributed by atoms with van der Waals surface area (Å²) >= 11 is 0. The highest BCUT2D eigenvalue weighted by molar-refractivity contribution is 5.66. The number of nitrogens with two attached hydrogens (primary N) is 1. The van der Waals surface area contributed by atoms with E-state index in [9.17, 15) is 4.79 Å². The molecule has 1 aromatic carbocycles. The molecule has 0 atom stereocenters. The zero-order valence-electron chi connectivity index (χ0n) is 7.73. The highest BCUT2D eigenvalue weighted by Gasteiger charge is 1.87. The third-order valence-corrected chi connectivity index (χ3v) is 1.30. The first-order valence-corrected chi connectivity index (χ1v) is 4.10. The van der Waals surface area contributed by atoms with Crippen LogP contribution in [-0.2, 0) is 4.79 Å². The van der Waals surface area contributed by atoms with Gasteiger partial charge in [-0.05, 0) is 6.92 Å². The smallest absolute Gasteiger partial charge is 0.304 e. The molecule has 1 rings (SSSR count). The summed E-state index contributed by atoms with van der Waals surface area (Å²) < 4.78 is 0. The van der Waals surface area contributed by atoms with Gasteiger partial charge in [-0.25, -0.2) is 0 Å². The number of carboxylic acids is 1. The van der Waals surface area contributed by atoms with Gasteiger partial charge in [0.1, 0.15) is 0 Å². The van der Waals surface area contributed by atoms with E-state index in [0.29, 0.717) is 0 Å². The molecular weight excluding hydrogens is 166 g/mol. The molecule has 0 fully saturated rings. The van der Waals surface area contributed by atoms with Gasteiger partial charge in [0, 0.05) is 6.54 Å². The summed E-state index contributed by atoms with van der Waals surface area (Å²) in [6, 6.07) is 10.3. The lowest BCUT2D eigenvalue weighted by Crippen LogP contribution is -2.05. The van der Waals surface area contributed by atoms with Crippen LogP contribution < -0.4 is 5.73 Å². The minimum Gasteiger partial charge on any atom is -0.481 e. The maximum atomic E-state index is 9.52. The first-order chi connectivity index (χ1) is 6.16. The Bertz CT molecular complexity index is 234. The fraction of sp³-hybridized carbons (Fsp3) is 0.300. The van der Waals surface area contributed by atoms with Crippen molar-refractivity contribution in [3.63, 3.8) is 0 Å². The highest BCUT2D eigenvalue weighted by atomic mass is 16.4. The molecule has 0 aliphatic carbocycles. The summed E-state index contributed by atoms with van der Waals surface area (Å²) in [4.78, 5) is 9.52. The van der Waals surface area contributed by atoms with Gasteiger partial charge in [-0.2, -0.15) is 0 Å². The van der Waals surface area contributed by atoms with Crippen LogP contribution in [0.4, 0.5) is 0 Å². The summed E-state index contributed by atoms with van der Waals surface area (Å²) in [7, 11) is 0. The second-order valence-corrected chi connectivity index (χ2v) is 2.59. The molecule has 0 saturated heterocycles. The SMILES string of the molecule is Cc1ccccc1.NCCC(=O)O. The lowest BCUT2D eigenvalue weighted by atomic mass is 10.2. The number of aryl methyl sites for hydroxylation is 1. The molecule has 0 radical (unpaired) electrons. The van der Waals surface area contributed by atoms with Crippen LogP contribution in [0, 0.1) is 6.92 Å². The summed E-state index contributed by atoms with van der Waals surface area (Å²) in [6.45, 7) is 2.31. The third kappa shape index (κ3) is 8.56. The van der Waals surface area contributed by atoms with Crippen molar-refractivity contribution in [2.45, 2.75) is 13.3 Å². The van der Waals surface area contributed by atoms with Gasteiger partial charge in [0.05, 0.1) is 6.42 Å². The van der Waals surface area contributed by atoms with Gasteiger partial charge in [-0.3, -0.25) is 4.79 Å².